The Bertz CT molecular complexity index is 710. The molecular formula is C24H37NO4. The van der Waals surface area contributed by atoms with Crippen molar-refractivity contribution >= 4 is 12.1 Å². The molecule has 2 unspecified atom stereocenters. The van der Waals surface area contributed by atoms with E-state index in [1.54, 1.807) is 4.90 Å². The van der Waals surface area contributed by atoms with Crippen LogP contribution in [0.15, 0.2) is 18.2 Å². The van der Waals surface area contributed by atoms with Crippen molar-refractivity contribution in [3.63, 3.8) is 0 Å². The third-order valence-corrected chi connectivity index (χ3v) is 5.86. The number of piperidine rings is 1. The van der Waals surface area contributed by atoms with E-state index in [2.05, 4.69) is 59.7 Å². The van der Waals surface area contributed by atoms with E-state index in [1.807, 2.05) is 0 Å². The Labute approximate surface area is 175 Å². The van der Waals surface area contributed by atoms with Crippen molar-refractivity contribution in [2.45, 2.75) is 77.7 Å². The van der Waals surface area contributed by atoms with E-state index in [1.165, 1.54) is 30.9 Å². The Balaban J connectivity index is 2.40. The van der Waals surface area contributed by atoms with Gasteiger partial charge in [-0.3, -0.25) is 4.79 Å². The minimum absolute atomic E-state index is 0.0269. The molecule has 0 aromatic heterocycles. The van der Waals surface area contributed by atoms with Crippen LogP contribution in [0.1, 0.15) is 71.1 Å². The van der Waals surface area contributed by atoms with Crippen LogP contribution >= 0.6 is 0 Å². The van der Waals surface area contributed by atoms with Crippen LogP contribution in [0.25, 0.3) is 0 Å². The van der Waals surface area contributed by atoms with Crippen molar-refractivity contribution in [3.05, 3.63) is 34.9 Å². The van der Waals surface area contributed by atoms with Crippen LogP contribution < -0.4 is 0 Å². The molecule has 0 spiro atoms. The lowest BCUT2D eigenvalue weighted by atomic mass is 9.78. The van der Waals surface area contributed by atoms with Gasteiger partial charge in [0.15, 0.2) is 0 Å². The quantitative estimate of drug-likeness (QED) is 0.678. The van der Waals surface area contributed by atoms with Gasteiger partial charge in [0.05, 0.1) is 20.1 Å². The molecule has 2 rings (SSSR count). The number of amides is 1. The molecule has 162 valence electrons. The number of nitrogens with zero attached hydrogens (tertiary/aromatic N) is 1. The molecule has 1 aromatic carbocycles. The summed E-state index contributed by atoms with van der Waals surface area (Å²) in [6.45, 7) is 13.8. The van der Waals surface area contributed by atoms with Gasteiger partial charge < -0.3 is 14.4 Å². The van der Waals surface area contributed by atoms with Crippen molar-refractivity contribution in [1.82, 2.24) is 4.90 Å². The number of ether oxygens (including phenoxy) is 2. The van der Waals surface area contributed by atoms with Gasteiger partial charge in [0, 0.05) is 12.6 Å². The molecule has 0 N–H and O–H groups in total. The number of carbonyl (C=O) groups excluding carboxylic acids is 2. The third-order valence-electron chi connectivity index (χ3n) is 5.86. The molecule has 0 radical (unpaired) electrons. The van der Waals surface area contributed by atoms with E-state index in [0.29, 0.717) is 25.8 Å². The van der Waals surface area contributed by atoms with E-state index in [4.69, 9.17) is 9.47 Å². The van der Waals surface area contributed by atoms with Crippen LogP contribution in [0.5, 0.6) is 0 Å². The molecule has 1 heterocycles. The number of likely N-dealkylation sites (tertiary alicyclic amines) is 1. The number of benzene rings is 1. The Kier molecular flexibility index (Phi) is 7.02. The predicted octanol–water partition coefficient (Wildman–Crippen LogP) is 4.84. The zero-order valence-corrected chi connectivity index (χ0v) is 19.3. The second-order valence-corrected chi connectivity index (χ2v) is 10.2. The molecule has 5 nitrogen and oxygen atoms in total. The summed E-state index contributed by atoms with van der Waals surface area (Å²) in [5.41, 5.74) is 3.81. The SMILES string of the molecule is COC(=O)C1CCN(C(=O)OC)C(Cc2cc(C(C)(C)C)cc(C(C)(C)C)c2)C1. The molecule has 5 heteroatoms. The van der Waals surface area contributed by atoms with Gasteiger partial charge in [-0.25, -0.2) is 4.79 Å². The average molecular weight is 404 g/mol. The van der Waals surface area contributed by atoms with Crippen LogP contribution in [-0.4, -0.2) is 43.8 Å². The maximum absolute atomic E-state index is 12.4. The minimum Gasteiger partial charge on any atom is -0.469 e. The number of methoxy groups -OCH3 is 2. The Morgan fingerprint density at radius 3 is 1.97 bits per heavy atom. The average Bonchev–Trinajstić information content (AvgIpc) is 2.65. The first kappa shape index (κ1) is 23.2. The number of carbonyl (C=O) groups is 2. The largest absolute Gasteiger partial charge is 0.469 e. The van der Waals surface area contributed by atoms with E-state index in [-0.39, 0.29) is 34.9 Å². The molecule has 0 bridgehead atoms. The van der Waals surface area contributed by atoms with Crippen molar-refractivity contribution < 1.29 is 19.1 Å². The van der Waals surface area contributed by atoms with E-state index in [9.17, 15) is 9.59 Å². The smallest absolute Gasteiger partial charge is 0.409 e. The van der Waals surface area contributed by atoms with Gasteiger partial charge in [-0.2, -0.15) is 0 Å². The van der Waals surface area contributed by atoms with E-state index >= 15 is 0 Å². The molecular weight excluding hydrogens is 366 g/mol. The van der Waals surface area contributed by atoms with Crippen LogP contribution in [-0.2, 0) is 31.5 Å². The van der Waals surface area contributed by atoms with Gasteiger partial charge in [-0.05, 0) is 46.8 Å². The summed E-state index contributed by atoms with van der Waals surface area (Å²) >= 11 is 0. The van der Waals surface area contributed by atoms with Gasteiger partial charge in [0.2, 0.25) is 0 Å². The van der Waals surface area contributed by atoms with Crippen molar-refractivity contribution in [2.75, 3.05) is 20.8 Å². The standard InChI is InChI=1S/C24H37NO4/c1-23(2,3)18-11-16(12-19(15-18)24(4,5)6)13-20-14-17(21(26)28-7)9-10-25(20)22(27)29-8/h11-12,15,17,20H,9-10,13-14H2,1-8H3. The number of hydrogen-bond acceptors (Lipinski definition) is 4. The summed E-state index contributed by atoms with van der Waals surface area (Å²) < 4.78 is 9.97. The predicted molar refractivity (Wildman–Crippen MR) is 115 cm³/mol. The van der Waals surface area contributed by atoms with Crippen molar-refractivity contribution in [2.24, 2.45) is 5.92 Å². The molecule has 2 atom stereocenters. The fraction of sp³-hybridized carbons (Fsp3) is 0.667. The molecule has 1 saturated heterocycles. The second-order valence-electron chi connectivity index (χ2n) is 10.2. The van der Waals surface area contributed by atoms with Crippen molar-refractivity contribution in [3.8, 4) is 0 Å². The normalized spacial score (nSPS) is 20.3. The Hall–Kier alpha value is -2.04. The highest BCUT2D eigenvalue weighted by atomic mass is 16.5. The number of rotatable bonds is 3. The van der Waals surface area contributed by atoms with Crippen LogP contribution in [0, 0.1) is 5.92 Å². The highest BCUT2D eigenvalue weighted by Crippen LogP contribution is 2.33. The van der Waals surface area contributed by atoms with Crippen LogP contribution in [0.3, 0.4) is 0 Å². The number of esters is 1. The first-order valence-electron chi connectivity index (χ1n) is 10.4. The topological polar surface area (TPSA) is 55.8 Å². The third kappa shape index (κ3) is 5.74. The molecule has 1 aromatic rings. The molecule has 0 aliphatic carbocycles. The molecule has 1 fully saturated rings. The molecule has 1 aliphatic heterocycles. The van der Waals surface area contributed by atoms with Crippen LogP contribution in [0.2, 0.25) is 0 Å². The number of hydrogen-bond donors (Lipinski definition) is 0. The van der Waals surface area contributed by atoms with E-state index < -0.39 is 0 Å². The summed E-state index contributed by atoms with van der Waals surface area (Å²) in [6.07, 6.45) is 1.55. The summed E-state index contributed by atoms with van der Waals surface area (Å²) in [5.74, 6) is -0.378. The summed E-state index contributed by atoms with van der Waals surface area (Å²) in [5, 5.41) is 0. The maximum Gasteiger partial charge on any atom is 0.409 e. The first-order chi connectivity index (χ1) is 13.4. The van der Waals surface area contributed by atoms with Crippen LogP contribution in [0.4, 0.5) is 4.79 Å². The summed E-state index contributed by atoms with van der Waals surface area (Å²) in [4.78, 5) is 26.2. The lowest BCUT2D eigenvalue weighted by Gasteiger charge is -2.38. The minimum atomic E-state index is -0.332. The zero-order valence-electron chi connectivity index (χ0n) is 19.3. The first-order valence-corrected chi connectivity index (χ1v) is 10.4. The lowest BCUT2D eigenvalue weighted by Crippen LogP contribution is -2.48. The van der Waals surface area contributed by atoms with Gasteiger partial charge in [0.25, 0.3) is 0 Å². The fourth-order valence-electron chi connectivity index (χ4n) is 3.93. The summed E-state index contributed by atoms with van der Waals surface area (Å²) in [6, 6.07) is 6.68. The Morgan fingerprint density at radius 1 is 0.966 bits per heavy atom. The molecule has 29 heavy (non-hydrogen) atoms. The second kappa shape index (κ2) is 8.76. The lowest BCUT2D eigenvalue weighted by molar-refractivity contribution is -0.147. The van der Waals surface area contributed by atoms with E-state index in [0.717, 1.165) is 0 Å². The highest BCUT2D eigenvalue weighted by Gasteiger charge is 2.36. The van der Waals surface area contributed by atoms with Gasteiger partial charge >= 0.3 is 12.1 Å². The molecule has 1 aliphatic rings. The Morgan fingerprint density at radius 2 is 1.52 bits per heavy atom. The molecule has 1 amide bonds. The zero-order chi connectivity index (χ0) is 22.0. The fourth-order valence-corrected chi connectivity index (χ4v) is 3.93. The maximum atomic E-state index is 12.4. The summed E-state index contributed by atoms with van der Waals surface area (Å²) in [7, 11) is 2.83. The van der Waals surface area contributed by atoms with Crippen molar-refractivity contribution in [1.29, 1.82) is 0 Å². The monoisotopic (exact) mass is 403 g/mol. The van der Waals surface area contributed by atoms with Gasteiger partial charge in [0.1, 0.15) is 0 Å². The molecule has 0 saturated carbocycles. The van der Waals surface area contributed by atoms with Gasteiger partial charge in [-0.15, -0.1) is 0 Å². The van der Waals surface area contributed by atoms with Gasteiger partial charge in [-0.1, -0.05) is 59.7 Å². The highest BCUT2D eigenvalue weighted by molar-refractivity contribution is 5.73.